The minimum atomic E-state index is 0.121. The summed E-state index contributed by atoms with van der Waals surface area (Å²) >= 11 is 0. The maximum Gasteiger partial charge on any atom is 0.118 e. The van der Waals surface area contributed by atoms with Crippen molar-refractivity contribution >= 4 is 11.8 Å². The Bertz CT molecular complexity index is 960. The van der Waals surface area contributed by atoms with Crippen LogP contribution in [0.3, 0.4) is 0 Å². The number of rotatable bonds is 5. The van der Waals surface area contributed by atoms with E-state index in [4.69, 9.17) is 4.74 Å². The molecule has 0 fully saturated rings. The van der Waals surface area contributed by atoms with E-state index < -0.39 is 0 Å². The summed E-state index contributed by atoms with van der Waals surface area (Å²) in [5.74, 6) is 0.869. The van der Waals surface area contributed by atoms with Gasteiger partial charge >= 0.3 is 0 Å². The fourth-order valence-electron chi connectivity index (χ4n) is 3.36. The number of aryl methyl sites for hydroxylation is 1. The second-order valence-corrected chi connectivity index (χ2v) is 6.85. The van der Waals surface area contributed by atoms with Crippen LogP contribution in [0.2, 0.25) is 0 Å². The van der Waals surface area contributed by atoms with Gasteiger partial charge in [0.15, 0.2) is 0 Å². The summed E-state index contributed by atoms with van der Waals surface area (Å²) in [5, 5.41) is 4.43. The summed E-state index contributed by atoms with van der Waals surface area (Å²) in [6, 6.07) is 27.4. The molecule has 0 saturated heterocycles. The van der Waals surface area contributed by atoms with Gasteiger partial charge in [-0.25, -0.2) is 0 Å². The average Bonchev–Trinajstić information content (AvgIpc) is 3.18. The van der Waals surface area contributed by atoms with Crippen LogP contribution in [0.15, 0.2) is 97.3 Å². The Morgan fingerprint density at radius 1 is 0.857 bits per heavy atom. The fourth-order valence-corrected chi connectivity index (χ4v) is 3.36. The number of nitrogens with zero attached hydrogens (tertiary/aromatic N) is 2. The molecule has 140 valence electrons. The van der Waals surface area contributed by atoms with E-state index in [1.165, 1.54) is 16.7 Å². The molecule has 3 aromatic carbocycles. The van der Waals surface area contributed by atoms with Gasteiger partial charge in [0, 0.05) is 12.4 Å². The maximum absolute atomic E-state index is 5.31. The SMILES string of the molecule is COc1ccc(C2C=CN(C=Cc3ccc(C)cc3)N2c2ccccc2)cc1. The van der Waals surface area contributed by atoms with Crippen molar-refractivity contribution in [1.29, 1.82) is 0 Å². The van der Waals surface area contributed by atoms with Crippen LogP contribution in [0, 0.1) is 6.92 Å². The van der Waals surface area contributed by atoms with Crippen molar-refractivity contribution in [3.8, 4) is 5.75 Å². The highest BCUT2D eigenvalue weighted by molar-refractivity contribution is 5.55. The van der Waals surface area contributed by atoms with Gasteiger partial charge in [-0.15, -0.1) is 0 Å². The molecule has 0 amide bonds. The van der Waals surface area contributed by atoms with E-state index in [1.807, 2.05) is 18.2 Å². The van der Waals surface area contributed by atoms with Crippen LogP contribution in [0.5, 0.6) is 5.75 Å². The van der Waals surface area contributed by atoms with Gasteiger partial charge < -0.3 is 4.74 Å². The Balaban J connectivity index is 1.64. The molecular formula is C25H24N2O. The van der Waals surface area contributed by atoms with Gasteiger partial charge in [-0.2, -0.15) is 0 Å². The third kappa shape index (κ3) is 3.79. The number of hydrogen-bond acceptors (Lipinski definition) is 3. The molecule has 0 radical (unpaired) electrons. The standard InChI is InChI=1S/C25H24N2O/c1-20-8-10-21(11-9-20)16-18-26-19-17-25(22-12-14-24(28-2)15-13-22)27(26)23-6-4-3-5-7-23/h3-19,25H,1-2H3. The Labute approximate surface area is 166 Å². The minimum Gasteiger partial charge on any atom is -0.497 e. The molecule has 4 rings (SSSR count). The first-order chi connectivity index (χ1) is 13.7. The van der Waals surface area contributed by atoms with Gasteiger partial charge in [0.1, 0.15) is 5.75 Å². The second-order valence-electron chi connectivity index (χ2n) is 6.85. The summed E-state index contributed by atoms with van der Waals surface area (Å²) < 4.78 is 5.31. The number of para-hydroxylation sites is 1. The number of methoxy groups -OCH3 is 1. The third-order valence-electron chi connectivity index (χ3n) is 4.91. The lowest BCUT2D eigenvalue weighted by atomic mass is 10.1. The van der Waals surface area contributed by atoms with E-state index in [-0.39, 0.29) is 6.04 Å². The van der Waals surface area contributed by atoms with E-state index in [0.717, 1.165) is 11.4 Å². The molecule has 1 aliphatic rings. The highest BCUT2D eigenvalue weighted by Crippen LogP contribution is 2.35. The topological polar surface area (TPSA) is 15.7 Å². The third-order valence-corrected chi connectivity index (χ3v) is 4.91. The molecular weight excluding hydrogens is 344 g/mol. The van der Waals surface area contributed by atoms with Gasteiger partial charge in [-0.3, -0.25) is 10.0 Å². The second kappa shape index (κ2) is 8.05. The molecule has 0 saturated carbocycles. The zero-order valence-corrected chi connectivity index (χ0v) is 16.2. The molecule has 0 N–H and O–H groups in total. The number of hydrazine groups is 1. The first kappa shape index (κ1) is 17.9. The number of anilines is 1. The molecule has 0 bridgehead atoms. The van der Waals surface area contributed by atoms with E-state index in [1.54, 1.807) is 7.11 Å². The molecule has 0 aliphatic carbocycles. The van der Waals surface area contributed by atoms with Crippen LogP contribution in [-0.4, -0.2) is 12.1 Å². The smallest absolute Gasteiger partial charge is 0.118 e. The quantitative estimate of drug-likeness (QED) is 0.552. The van der Waals surface area contributed by atoms with Gasteiger partial charge in [-0.1, -0.05) is 60.2 Å². The monoisotopic (exact) mass is 368 g/mol. The van der Waals surface area contributed by atoms with E-state index in [0.29, 0.717) is 0 Å². The van der Waals surface area contributed by atoms with Crippen molar-refractivity contribution in [1.82, 2.24) is 5.01 Å². The van der Waals surface area contributed by atoms with Gasteiger partial charge in [0.25, 0.3) is 0 Å². The van der Waals surface area contributed by atoms with E-state index >= 15 is 0 Å². The highest BCUT2D eigenvalue weighted by atomic mass is 16.5. The van der Waals surface area contributed by atoms with E-state index in [2.05, 4.69) is 102 Å². The predicted molar refractivity (Wildman–Crippen MR) is 116 cm³/mol. The van der Waals surface area contributed by atoms with Crippen molar-refractivity contribution in [2.75, 3.05) is 12.1 Å². The molecule has 3 nitrogen and oxygen atoms in total. The highest BCUT2D eigenvalue weighted by Gasteiger charge is 2.27. The molecule has 1 heterocycles. The summed E-state index contributed by atoms with van der Waals surface area (Å²) in [7, 11) is 1.69. The summed E-state index contributed by atoms with van der Waals surface area (Å²) in [4.78, 5) is 0. The van der Waals surface area contributed by atoms with Crippen molar-refractivity contribution in [2.45, 2.75) is 13.0 Å². The van der Waals surface area contributed by atoms with Crippen LogP contribution >= 0.6 is 0 Å². The lowest BCUT2D eigenvalue weighted by molar-refractivity contribution is 0.414. The largest absolute Gasteiger partial charge is 0.497 e. The molecule has 3 heteroatoms. The molecule has 3 aromatic rings. The lowest BCUT2D eigenvalue weighted by Crippen LogP contribution is -2.33. The normalized spacial score (nSPS) is 16.1. The van der Waals surface area contributed by atoms with Crippen molar-refractivity contribution in [3.63, 3.8) is 0 Å². The van der Waals surface area contributed by atoms with Gasteiger partial charge in [0.05, 0.1) is 18.8 Å². The maximum atomic E-state index is 5.31. The Kier molecular flexibility index (Phi) is 5.16. The number of hydrogen-bond donors (Lipinski definition) is 0. The Morgan fingerprint density at radius 2 is 1.57 bits per heavy atom. The molecule has 1 unspecified atom stereocenters. The number of benzene rings is 3. The zero-order valence-electron chi connectivity index (χ0n) is 16.2. The first-order valence-corrected chi connectivity index (χ1v) is 9.44. The Morgan fingerprint density at radius 3 is 2.25 bits per heavy atom. The lowest BCUT2D eigenvalue weighted by Gasteiger charge is -2.33. The summed E-state index contributed by atoms with van der Waals surface area (Å²) in [6.07, 6.45) is 8.58. The van der Waals surface area contributed by atoms with Crippen LogP contribution in [0.1, 0.15) is 22.7 Å². The van der Waals surface area contributed by atoms with Gasteiger partial charge in [0.2, 0.25) is 0 Å². The molecule has 0 aromatic heterocycles. The Hall–Kier alpha value is -3.46. The van der Waals surface area contributed by atoms with Gasteiger partial charge in [-0.05, 0) is 54.5 Å². The first-order valence-electron chi connectivity index (χ1n) is 9.44. The minimum absolute atomic E-state index is 0.121. The molecule has 1 atom stereocenters. The van der Waals surface area contributed by atoms with Crippen molar-refractivity contribution < 1.29 is 4.74 Å². The molecule has 28 heavy (non-hydrogen) atoms. The van der Waals surface area contributed by atoms with Crippen LogP contribution in [0.25, 0.3) is 6.08 Å². The van der Waals surface area contributed by atoms with Crippen LogP contribution in [0.4, 0.5) is 5.69 Å². The number of ether oxygens (including phenoxy) is 1. The fraction of sp³-hybridized carbons (Fsp3) is 0.120. The van der Waals surface area contributed by atoms with Crippen LogP contribution < -0.4 is 9.75 Å². The average molecular weight is 368 g/mol. The molecule has 0 spiro atoms. The van der Waals surface area contributed by atoms with E-state index in [9.17, 15) is 0 Å². The predicted octanol–water partition coefficient (Wildman–Crippen LogP) is 5.97. The zero-order chi connectivity index (χ0) is 19.3. The van der Waals surface area contributed by atoms with Crippen molar-refractivity contribution in [2.24, 2.45) is 0 Å². The summed E-state index contributed by atoms with van der Waals surface area (Å²) in [5.41, 5.74) is 4.80. The van der Waals surface area contributed by atoms with Crippen molar-refractivity contribution in [3.05, 3.63) is 114 Å². The molecule has 1 aliphatic heterocycles. The van der Waals surface area contributed by atoms with Crippen LogP contribution in [-0.2, 0) is 0 Å². The summed E-state index contributed by atoms with van der Waals surface area (Å²) in [6.45, 7) is 2.10.